The first-order valence-corrected chi connectivity index (χ1v) is 12.5. The molecule has 0 aliphatic carbocycles. The predicted octanol–water partition coefficient (Wildman–Crippen LogP) is 6.17. The van der Waals surface area contributed by atoms with Crippen molar-refractivity contribution in [2.75, 3.05) is 18.4 Å². The molecule has 0 spiro atoms. The molecule has 3 atom stereocenters. The molecule has 39 heavy (non-hydrogen) atoms. The Morgan fingerprint density at radius 1 is 1.13 bits per heavy atom. The molecule has 2 amide bonds. The number of anilines is 1. The van der Waals surface area contributed by atoms with Crippen LogP contribution in [0.4, 0.5) is 33.0 Å². The largest absolute Gasteiger partial charge is 0.444 e. The highest BCUT2D eigenvalue weighted by molar-refractivity contribution is 5.97. The SMILES string of the molecule is CC(C)(C)OC(=O)N1CC[C@H](F)[C@@H](n2nc(-c3ccnc4c3[C@H](C(F)(F)F)OC(=O)N4)c3ccccc32)CC1. The summed E-state index contributed by atoms with van der Waals surface area (Å²) in [7, 11) is 0. The Morgan fingerprint density at radius 2 is 1.85 bits per heavy atom. The molecule has 1 N–H and O–H groups in total. The van der Waals surface area contributed by atoms with E-state index in [0.717, 1.165) is 0 Å². The van der Waals surface area contributed by atoms with Crippen molar-refractivity contribution in [3.8, 4) is 11.3 Å². The lowest BCUT2D eigenvalue weighted by Crippen LogP contribution is -2.37. The number of ether oxygens (including phenoxy) is 2. The molecular formula is C26H27F4N5O4. The fourth-order valence-electron chi connectivity index (χ4n) is 4.95. The van der Waals surface area contributed by atoms with Crippen LogP contribution in [0, 0.1) is 0 Å². The number of amides is 2. The van der Waals surface area contributed by atoms with E-state index in [-0.39, 0.29) is 48.6 Å². The molecule has 3 aromatic rings. The molecular weight excluding hydrogens is 522 g/mol. The minimum absolute atomic E-state index is 0.0358. The monoisotopic (exact) mass is 549 g/mol. The summed E-state index contributed by atoms with van der Waals surface area (Å²) >= 11 is 0. The summed E-state index contributed by atoms with van der Waals surface area (Å²) in [4.78, 5) is 29.8. The minimum atomic E-state index is -4.90. The maximum atomic E-state index is 15.6. The second kappa shape index (κ2) is 9.69. The van der Waals surface area contributed by atoms with E-state index < -0.39 is 42.3 Å². The van der Waals surface area contributed by atoms with Gasteiger partial charge in [-0.1, -0.05) is 18.2 Å². The van der Waals surface area contributed by atoms with Gasteiger partial charge in [0.25, 0.3) is 0 Å². The summed E-state index contributed by atoms with van der Waals surface area (Å²) in [6.07, 6.45) is -9.13. The molecule has 2 aromatic heterocycles. The maximum absolute atomic E-state index is 15.6. The van der Waals surface area contributed by atoms with Crippen molar-refractivity contribution >= 4 is 28.9 Å². The van der Waals surface area contributed by atoms with Crippen LogP contribution >= 0.6 is 0 Å². The summed E-state index contributed by atoms with van der Waals surface area (Å²) in [5, 5.41) is 7.34. The van der Waals surface area contributed by atoms with Crippen molar-refractivity contribution in [3.63, 3.8) is 0 Å². The standard InChI is InChI=1S/C26H27F4N5O4/c1-25(2,3)39-24(37)34-12-9-16(27)18(10-13-34)35-17-7-5-4-6-14(17)20(33-35)15-8-11-31-22-19(15)21(26(28,29)30)38-23(36)32-22/h4-8,11,16,18,21H,9-10,12-13H2,1-3H3,(H,31,32,36)/t16-,18-,21+/m0/s1. The van der Waals surface area contributed by atoms with Gasteiger partial charge in [0.05, 0.1) is 17.1 Å². The summed E-state index contributed by atoms with van der Waals surface area (Å²) in [6.45, 7) is 5.61. The highest BCUT2D eigenvalue weighted by Crippen LogP contribution is 2.46. The highest BCUT2D eigenvalue weighted by Gasteiger charge is 2.49. The summed E-state index contributed by atoms with van der Waals surface area (Å²) in [5.41, 5.74) is -0.350. The van der Waals surface area contributed by atoms with Crippen LogP contribution in [-0.4, -0.2) is 62.9 Å². The summed E-state index contributed by atoms with van der Waals surface area (Å²) < 4.78 is 69.0. The van der Waals surface area contributed by atoms with Crippen LogP contribution in [0.15, 0.2) is 36.5 Å². The number of nitrogens with zero attached hydrogens (tertiary/aromatic N) is 4. The van der Waals surface area contributed by atoms with E-state index >= 15 is 4.39 Å². The van der Waals surface area contributed by atoms with Crippen molar-refractivity contribution in [2.45, 2.75) is 63.7 Å². The molecule has 1 aromatic carbocycles. The van der Waals surface area contributed by atoms with E-state index in [1.54, 1.807) is 45.0 Å². The lowest BCUT2D eigenvalue weighted by atomic mass is 9.97. The van der Waals surface area contributed by atoms with Gasteiger partial charge in [-0.2, -0.15) is 18.3 Å². The van der Waals surface area contributed by atoms with Gasteiger partial charge in [0, 0.05) is 30.2 Å². The van der Waals surface area contributed by atoms with Gasteiger partial charge in [0.2, 0.25) is 6.10 Å². The number of alkyl halides is 4. The Morgan fingerprint density at radius 3 is 2.56 bits per heavy atom. The van der Waals surface area contributed by atoms with E-state index in [1.807, 2.05) is 0 Å². The van der Waals surface area contributed by atoms with Gasteiger partial charge >= 0.3 is 18.4 Å². The van der Waals surface area contributed by atoms with Crippen molar-refractivity contribution in [1.82, 2.24) is 19.7 Å². The summed E-state index contributed by atoms with van der Waals surface area (Å²) in [5.74, 6) is -0.282. The van der Waals surface area contributed by atoms with E-state index in [4.69, 9.17) is 4.74 Å². The third-order valence-corrected chi connectivity index (χ3v) is 6.62. The molecule has 4 heterocycles. The smallest absolute Gasteiger partial charge is 0.430 e. The normalized spacial score (nSPS) is 22.1. The Labute approximate surface area is 221 Å². The number of carbonyl (C=O) groups excluding carboxylic acids is 2. The predicted molar refractivity (Wildman–Crippen MR) is 133 cm³/mol. The first-order chi connectivity index (χ1) is 18.3. The van der Waals surface area contributed by atoms with Gasteiger partial charge in [-0.3, -0.25) is 10.00 Å². The first kappa shape index (κ1) is 26.7. The second-order valence-corrected chi connectivity index (χ2v) is 10.5. The molecule has 2 aliphatic rings. The van der Waals surface area contributed by atoms with E-state index in [9.17, 15) is 22.8 Å². The number of likely N-dealkylation sites (tertiary alicyclic amines) is 1. The number of para-hydroxylation sites is 1. The molecule has 208 valence electrons. The van der Waals surface area contributed by atoms with Crippen molar-refractivity contribution in [3.05, 3.63) is 42.1 Å². The van der Waals surface area contributed by atoms with E-state index in [2.05, 4.69) is 20.1 Å². The van der Waals surface area contributed by atoms with Crippen LogP contribution in [0.25, 0.3) is 22.2 Å². The molecule has 9 nitrogen and oxygen atoms in total. The number of halogens is 4. The quantitative estimate of drug-likeness (QED) is 0.384. The zero-order valence-electron chi connectivity index (χ0n) is 21.5. The first-order valence-electron chi connectivity index (χ1n) is 12.5. The molecule has 0 unspecified atom stereocenters. The topological polar surface area (TPSA) is 98.6 Å². The van der Waals surface area contributed by atoms with Crippen LogP contribution in [0.1, 0.15) is 51.3 Å². The van der Waals surface area contributed by atoms with Gasteiger partial charge in [0.1, 0.15) is 23.3 Å². The lowest BCUT2D eigenvalue weighted by molar-refractivity contribution is -0.206. The van der Waals surface area contributed by atoms with Crippen LogP contribution in [0.5, 0.6) is 0 Å². The molecule has 0 bridgehead atoms. The molecule has 5 rings (SSSR count). The highest BCUT2D eigenvalue weighted by atomic mass is 19.4. The number of cyclic esters (lactones) is 1. The van der Waals surface area contributed by atoms with Crippen molar-refractivity contribution in [2.24, 2.45) is 0 Å². The molecule has 1 saturated heterocycles. The minimum Gasteiger partial charge on any atom is -0.444 e. The third kappa shape index (κ3) is 5.21. The number of carbonyl (C=O) groups is 2. The van der Waals surface area contributed by atoms with Crippen LogP contribution in [0.3, 0.4) is 0 Å². The number of benzene rings is 1. The number of aromatic nitrogens is 3. The fraction of sp³-hybridized carbons (Fsp3) is 0.462. The Kier molecular flexibility index (Phi) is 6.63. The number of hydrogen-bond donors (Lipinski definition) is 1. The van der Waals surface area contributed by atoms with E-state index in [1.165, 1.54) is 21.8 Å². The summed E-state index contributed by atoms with van der Waals surface area (Å²) in [6, 6.07) is 7.40. The van der Waals surface area contributed by atoms with Crippen molar-refractivity contribution < 1.29 is 36.6 Å². The Bertz CT molecular complexity index is 1420. The Balaban J connectivity index is 1.57. The average Bonchev–Trinajstić information content (AvgIpc) is 3.11. The van der Waals surface area contributed by atoms with Gasteiger partial charge in [-0.05, 0) is 45.7 Å². The van der Waals surface area contributed by atoms with Gasteiger partial charge in [-0.15, -0.1) is 0 Å². The van der Waals surface area contributed by atoms with Crippen LogP contribution < -0.4 is 5.32 Å². The molecule has 1 fully saturated rings. The van der Waals surface area contributed by atoms with Gasteiger partial charge < -0.3 is 14.4 Å². The zero-order valence-corrected chi connectivity index (χ0v) is 21.5. The fourth-order valence-corrected chi connectivity index (χ4v) is 4.95. The number of fused-ring (bicyclic) bond motifs is 2. The van der Waals surface area contributed by atoms with Crippen LogP contribution in [0.2, 0.25) is 0 Å². The number of nitrogens with one attached hydrogen (secondary N) is 1. The Hall–Kier alpha value is -3.90. The average molecular weight is 550 g/mol. The number of rotatable bonds is 2. The molecule has 0 radical (unpaired) electrons. The zero-order chi connectivity index (χ0) is 28.1. The second-order valence-electron chi connectivity index (χ2n) is 10.5. The number of hydrogen-bond acceptors (Lipinski definition) is 6. The molecule has 13 heteroatoms. The third-order valence-electron chi connectivity index (χ3n) is 6.62. The van der Waals surface area contributed by atoms with Gasteiger partial charge in [-0.25, -0.2) is 19.0 Å². The van der Waals surface area contributed by atoms with E-state index in [0.29, 0.717) is 10.9 Å². The maximum Gasteiger partial charge on any atom is 0.430 e. The number of pyridine rings is 1. The molecule has 2 aliphatic heterocycles. The van der Waals surface area contributed by atoms with Crippen LogP contribution in [-0.2, 0) is 9.47 Å². The molecule has 0 saturated carbocycles. The van der Waals surface area contributed by atoms with Gasteiger partial charge in [0.15, 0.2) is 0 Å². The lowest BCUT2D eigenvalue weighted by Gasteiger charge is -2.28. The van der Waals surface area contributed by atoms with Crippen molar-refractivity contribution in [1.29, 1.82) is 0 Å².